The third-order valence-electron chi connectivity index (χ3n) is 4.11. The number of rotatable bonds is 1. The second kappa shape index (κ2) is 4.34. The summed E-state index contributed by atoms with van der Waals surface area (Å²) in [5, 5.41) is 3.51. The van der Waals surface area contributed by atoms with Gasteiger partial charge in [-0.05, 0) is 24.1 Å². The van der Waals surface area contributed by atoms with E-state index in [1.165, 1.54) is 11.3 Å². The summed E-state index contributed by atoms with van der Waals surface area (Å²) in [7, 11) is 2.08. The van der Waals surface area contributed by atoms with E-state index in [-0.39, 0.29) is 0 Å². The molecule has 1 aromatic carbocycles. The number of aryl methyl sites for hydroxylation is 1. The van der Waals surface area contributed by atoms with Crippen molar-refractivity contribution >= 4 is 16.7 Å². The summed E-state index contributed by atoms with van der Waals surface area (Å²) in [6.45, 7) is 0.932. The van der Waals surface area contributed by atoms with Gasteiger partial charge < -0.3 is 9.88 Å². The molecular weight excluding hydrogens is 248 g/mol. The molecule has 100 valence electrons. The van der Waals surface area contributed by atoms with Gasteiger partial charge in [0.2, 0.25) is 0 Å². The second-order valence-corrected chi connectivity index (χ2v) is 5.33. The summed E-state index contributed by atoms with van der Waals surface area (Å²) in [6.07, 6.45) is 4.72. The highest BCUT2D eigenvalue weighted by Crippen LogP contribution is 2.30. The molecule has 4 rings (SSSR count). The maximum Gasteiger partial charge on any atom is 0.114 e. The molecule has 20 heavy (non-hydrogen) atoms. The standard InChI is InChI=1S/C16H16N4/c1-20-15-10-17-7-6-14(15)19-16(20)12-8-11-4-2-3-5-13(11)18-9-12/h2-7,10,12,18H,8-9H2,1H3. The van der Waals surface area contributed by atoms with E-state index in [1.54, 1.807) is 6.20 Å². The first kappa shape index (κ1) is 11.5. The quantitative estimate of drug-likeness (QED) is 0.735. The van der Waals surface area contributed by atoms with Crippen molar-refractivity contribution in [1.82, 2.24) is 14.5 Å². The van der Waals surface area contributed by atoms with Crippen molar-refractivity contribution in [3.8, 4) is 0 Å². The molecule has 0 saturated carbocycles. The van der Waals surface area contributed by atoms with E-state index in [2.05, 4.69) is 46.2 Å². The van der Waals surface area contributed by atoms with E-state index in [0.29, 0.717) is 5.92 Å². The van der Waals surface area contributed by atoms with E-state index < -0.39 is 0 Å². The molecule has 0 radical (unpaired) electrons. The number of nitrogens with one attached hydrogen (secondary N) is 1. The van der Waals surface area contributed by atoms with Crippen LogP contribution >= 0.6 is 0 Å². The normalized spacial score (nSPS) is 17.8. The predicted molar refractivity (Wildman–Crippen MR) is 79.9 cm³/mol. The summed E-state index contributed by atoms with van der Waals surface area (Å²) in [5.74, 6) is 1.54. The molecule has 0 bridgehead atoms. The number of imidazole rings is 1. The van der Waals surface area contributed by atoms with Crippen molar-refractivity contribution < 1.29 is 0 Å². The van der Waals surface area contributed by atoms with E-state index in [1.807, 2.05) is 12.3 Å². The number of fused-ring (bicyclic) bond motifs is 2. The molecule has 0 spiro atoms. The zero-order valence-corrected chi connectivity index (χ0v) is 11.4. The van der Waals surface area contributed by atoms with Crippen molar-refractivity contribution in [3.63, 3.8) is 0 Å². The van der Waals surface area contributed by atoms with Crippen molar-refractivity contribution in [1.29, 1.82) is 0 Å². The van der Waals surface area contributed by atoms with Crippen LogP contribution in [0.3, 0.4) is 0 Å². The minimum Gasteiger partial charge on any atom is -0.384 e. The van der Waals surface area contributed by atoms with Gasteiger partial charge >= 0.3 is 0 Å². The van der Waals surface area contributed by atoms with Crippen LogP contribution in [-0.4, -0.2) is 21.1 Å². The molecule has 4 heteroatoms. The molecule has 0 amide bonds. The summed E-state index contributed by atoms with van der Waals surface area (Å²) in [6, 6.07) is 10.5. The molecule has 1 N–H and O–H groups in total. The molecule has 1 unspecified atom stereocenters. The van der Waals surface area contributed by atoms with Gasteiger partial charge in [-0.15, -0.1) is 0 Å². The smallest absolute Gasteiger partial charge is 0.114 e. The minimum absolute atomic E-state index is 0.405. The average Bonchev–Trinajstić information content (AvgIpc) is 2.84. The van der Waals surface area contributed by atoms with E-state index in [9.17, 15) is 0 Å². The Morgan fingerprint density at radius 1 is 1.25 bits per heavy atom. The van der Waals surface area contributed by atoms with Gasteiger partial charge in [0.25, 0.3) is 0 Å². The lowest BCUT2D eigenvalue weighted by Crippen LogP contribution is -2.23. The van der Waals surface area contributed by atoms with E-state index in [0.717, 1.165) is 29.8 Å². The lowest BCUT2D eigenvalue weighted by Gasteiger charge is -2.25. The summed E-state index contributed by atoms with van der Waals surface area (Å²) in [4.78, 5) is 8.98. The molecule has 0 saturated heterocycles. The number of hydrogen-bond acceptors (Lipinski definition) is 3. The molecular formula is C16H16N4. The van der Waals surface area contributed by atoms with Gasteiger partial charge in [0, 0.05) is 31.4 Å². The fraction of sp³-hybridized carbons (Fsp3) is 0.250. The number of hydrogen-bond donors (Lipinski definition) is 1. The Morgan fingerprint density at radius 2 is 2.15 bits per heavy atom. The fourth-order valence-electron chi connectivity index (χ4n) is 3.04. The van der Waals surface area contributed by atoms with Crippen LogP contribution in [0.5, 0.6) is 0 Å². The van der Waals surface area contributed by atoms with E-state index >= 15 is 0 Å². The van der Waals surface area contributed by atoms with Gasteiger partial charge in [0.05, 0.1) is 17.2 Å². The average molecular weight is 264 g/mol. The first-order chi connectivity index (χ1) is 9.83. The van der Waals surface area contributed by atoms with Crippen LogP contribution in [0.2, 0.25) is 0 Å². The van der Waals surface area contributed by atoms with Crippen molar-refractivity contribution in [2.24, 2.45) is 7.05 Å². The number of nitrogens with zero attached hydrogens (tertiary/aromatic N) is 3. The Hall–Kier alpha value is -2.36. The molecule has 3 heterocycles. The molecule has 3 aromatic rings. The first-order valence-electron chi connectivity index (χ1n) is 6.91. The number of anilines is 1. The van der Waals surface area contributed by atoms with Gasteiger partial charge in [-0.3, -0.25) is 4.98 Å². The van der Waals surface area contributed by atoms with Gasteiger partial charge in [-0.25, -0.2) is 4.98 Å². The van der Waals surface area contributed by atoms with Crippen LogP contribution in [0, 0.1) is 0 Å². The molecule has 4 nitrogen and oxygen atoms in total. The molecule has 0 fully saturated rings. The Bertz CT molecular complexity index is 775. The number of benzene rings is 1. The Labute approximate surface area is 117 Å². The third kappa shape index (κ3) is 1.68. The van der Waals surface area contributed by atoms with Crippen LogP contribution in [0.15, 0.2) is 42.7 Å². The second-order valence-electron chi connectivity index (χ2n) is 5.33. The Balaban J connectivity index is 1.76. The zero-order valence-electron chi connectivity index (χ0n) is 11.4. The lowest BCUT2D eigenvalue weighted by atomic mass is 9.93. The molecule has 0 aliphatic carbocycles. The monoisotopic (exact) mass is 264 g/mol. The van der Waals surface area contributed by atoms with E-state index in [4.69, 9.17) is 4.98 Å². The summed E-state index contributed by atoms with van der Waals surface area (Å²) < 4.78 is 2.17. The highest BCUT2D eigenvalue weighted by Gasteiger charge is 2.23. The first-order valence-corrected chi connectivity index (χ1v) is 6.91. The molecule has 2 aromatic heterocycles. The van der Waals surface area contributed by atoms with Crippen molar-refractivity contribution in [2.45, 2.75) is 12.3 Å². The van der Waals surface area contributed by atoms with Crippen LogP contribution in [-0.2, 0) is 13.5 Å². The highest BCUT2D eigenvalue weighted by atomic mass is 15.1. The molecule has 1 aliphatic rings. The van der Waals surface area contributed by atoms with Crippen LogP contribution in [0.25, 0.3) is 11.0 Å². The van der Waals surface area contributed by atoms with Gasteiger partial charge in [-0.1, -0.05) is 18.2 Å². The largest absolute Gasteiger partial charge is 0.384 e. The zero-order chi connectivity index (χ0) is 13.5. The minimum atomic E-state index is 0.405. The summed E-state index contributed by atoms with van der Waals surface area (Å²) in [5.41, 5.74) is 4.75. The van der Waals surface area contributed by atoms with Crippen molar-refractivity contribution in [3.05, 3.63) is 54.1 Å². The van der Waals surface area contributed by atoms with Crippen LogP contribution in [0.4, 0.5) is 5.69 Å². The van der Waals surface area contributed by atoms with Crippen LogP contribution in [0.1, 0.15) is 17.3 Å². The highest BCUT2D eigenvalue weighted by molar-refractivity contribution is 5.74. The van der Waals surface area contributed by atoms with Crippen LogP contribution < -0.4 is 5.32 Å². The third-order valence-corrected chi connectivity index (χ3v) is 4.11. The maximum absolute atomic E-state index is 4.79. The molecule has 1 aliphatic heterocycles. The summed E-state index contributed by atoms with van der Waals surface area (Å²) >= 11 is 0. The number of pyridine rings is 1. The van der Waals surface area contributed by atoms with Gasteiger partial charge in [0.1, 0.15) is 5.82 Å². The topological polar surface area (TPSA) is 42.7 Å². The van der Waals surface area contributed by atoms with Crippen molar-refractivity contribution in [2.75, 3.05) is 11.9 Å². The lowest BCUT2D eigenvalue weighted by molar-refractivity contribution is 0.624. The van der Waals surface area contributed by atoms with Gasteiger partial charge in [0.15, 0.2) is 0 Å². The number of aromatic nitrogens is 3. The predicted octanol–water partition coefficient (Wildman–Crippen LogP) is 2.72. The Morgan fingerprint density at radius 3 is 3.05 bits per heavy atom. The van der Waals surface area contributed by atoms with Gasteiger partial charge in [-0.2, -0.15) is 0 Å². The SMILES string of the molecule is Cn1c(C2CNc3ccccc3C2)nc2ccncc21. The number of para-hydroxylation sites is 1. The maximum atomic E-state index is 4.79. The fourth-order valence-corrected chi connectivity index (χ4v) is 3.04. The Kier molecular flexibility index (Phi) is 2.49. The molecule has 1 atom stereocenters.